The van der Waals surface area contributed by atoms with E-state index in [1.165, 1.54) is 205 Å². The van der Waals surface area contributed by atoms with Gasteiger partial charge < -0.3 is 27.9 Å². The molecule has 0 aromatic heterocycles. The molecule has 0 saturated carbocycles. The Morgan fingerprint density at radius 1 is 0.456 bits per heavy atom. The molecule has 402 valence electrons. The van der Waals surface area contributed by atoms with E-state index in [0.29, 0.717) is 17.4 Å². The fraction of sp³-hybridized carbons (Fsp3) is 0.897. The summed E-state index contributed by atoms with van der Waals surface area (Å²) in [5, 5.41) is 0. The van der Waals surface area contributed by atoms with Crippen LogP contribution >= 0.6 is 7.82 Å². The number of rotatable bonds is 54. The average Bonchev–Trinajstić information content (AvgIpc) is 3.30. The van der Waals surface area contributed by atoms with Crippen LogP contribution < -0.4 is 4.89 Å². The standard InChI is InChI=1S/C58H112NO8P/c1-6-8-10-12-14-16-18-20-22-24-26-28-29-31-33-35-37-39-41-43-45-47-49-51-58(61)67-56(55-66-68(62,63)65-53-52-59(3,4)5)54-64-57(60)50-48-46-44-42-40-38-36-34-32-30-27-25-23-21-19-17-15-13-11-9-7-2/h18,20,24,26,56H,6-17,19,21-23,25,27-55H2,1-5H3/b20-18-,26-24-. The molecular weight excluding hydrogens is 870 g/mol. The Kier molecular flexibility index (Phi) is 49.3. The lowest BCUT2D eigenvalue weighted by Gasteiger charge is -2.28. The summed E-state index contributed by atoms with van der Waals surface area (Å²) in [6, 6.07) is 0. The molecular formula is C58H112NO8P. The van der Waals surface area contributed by atoms with E-state index in [1.54, 1.807) is 0 Å². The number of phosphoric acid groups is 1. The minimum absolute atomic E-state index is 0.0286. The number of likely N-dealkylation sites (N-methyl/N-ethyl adjacent to an activating group) is 1. The van der Waals surface area contributed by atoms with Crippen LogP contribution in [0.3, 0.4) is 0 Å². The van der Waals surface area contributed by atoms with Crippen LogP contribution in [0, 0.1) is 0 Å². The third-order valence-electron chi connectivity index (χ3n) is 13.0. The summed E-state index contributed by atoms with van der Waals surface area (Å²) >= 11 is 0. The van der Waals surface area contributed by atoms with Gasteiger partial charge in [0.05, 0.1) is 27.7 Å². The van der Waals surface area contributed by atoms with Crippen LogP contribution in [0.25, 0.3) is 0 Å². The topological polar surface area (TPSA) is 111 Å². The van der Waals surface area contributed by atoms with Crippen LogP contribution in [0.4, 0.5) is 0 Å². The highest BCUT2D eigenvalue weighted by atomic mass is 31.2. The second-order valence-corrected chi connectivity index (χ2v) is 22.4. The first-order chi connectivity index (χ1) is 33.0. The summed E-state index contributed by atoms with van der Waals surface area (Å²) in [4.78, 5) is 37.9. The van der Waals surface area contributed by atoms with Crippen LogP contribution in [0.2, 0.25) is 0 Å². The number of phosphoric ester groups is 1. The number of allylic oxidation sites excluding steroid dienone is 4. The molecule has 0 amide bonds. The van der Waals surface area contributed by atoms with E-state index < -0.39 is 26.5 Å². The third kappa shape index (κ3) is 53.8. The van der Waals surface area contributed by atoms with E-state index in [4.69, 9.17) is 18.5 Å². The Balaban J connectivity index is 4.14. The summed E-state index contributed by atoms with van der Waals surface area (Å²) in [5.41, 5.74) is 0. The van der Waals surface area contributed by atoms with Crippen molar-refractivity contribution in [1.82, 2.24) is 0 Å². The van der Waals surface area contributed by atoms with E-state index in [9.17, 15) is 19.0 Å². The van der Waals surface area contributed by atoms with Crippen LogP contribution in [-0.4, -0.2) is 70.0 Å². The summed E-state index contributed by atoms with van der Waals surface area (Å²) in [7, 11) is 1.18. The van der Waals surface area contributed by atoms with Gasteiger partial charge in [-0.1, -0.05) is 250 Å². The molecule has 9 nitrogen and oxygen atoms in total. The molecule has 0 N–H and O–H groups in total. The second-order valence-electron chi connectivity index (χ2n) is 21.0. The highest BCUT2D eigenvalue weighted by Crippen LogP contribution is 2.38. The first kappa shape index (κ1) is 66.5. The van der Waals surface area contributed by atoms with Crippen molar-refractivity contribution in [1.29, 1.82) is 0 Å². The highest BCUT2D eigenvalue weighted by molar-refractivity contribution is 7.45. The van der Waals surface area contributed by atoms with Gasteiger partial charge in [-0.25, -0.2) is 0 Å². The van der Waals surface area contributed by atoms with E-state index in [-0.39, 0.29) is 32.0 Å². The largest absolute Gasteiger partial charge is 0.756 e. The Bertz CT molecular complexity index is 1200. The summed E-state index contributed by atoms with van der Waals surface area (Å²) in [6.07, 6.45) is 59.3. The van der Waals surface area contributed by atoms with Crippen molar-refractivity contribution >= 4 is 19.8 Å². The Labute approximate surface area is 421 Å². The van der Waals surface area contributed by atoms with Crippen molar-refractivity contribution in [3.63, 3.8) is 0 Å². The molecule has 2 atom stereocenters. The molecule has 68 heavy (non-hydrogen) atoms. The Morgan fingerprint density at radius 2 is 0.794 bits per heavy atom. The van der Waals surface area contributed by atoms with E-state index in [1.807, 2.05) is 21.1 Å². The predicted molar refractivity (Wildman–Crippen MR) is 287 cm³/mol. The molecule has 0 bridgehead atoms. The zero-order chi connectivity index (χ0) is 49.9. The van der Waals surface area contributed by atoms with Gasteiger partial charge in [0.15, 0.2) is 6.10 Å². The predicted octanol–water partition coefficient (Wildman–Crippen LogP) is 17.2. The van der Waals surface area contributed by atoms with Crippen LogP contribution in [0.1, 0.15) is 284 Å². The van der Waals surface area contributed by atoms with Crippen molar-refractivity contribution in [2.75, 3.05) is 47.5 Å². The highest BCUT2D eigenvalue weighted by Gasteiger charge is 2.22. The monoisotopic (exact) mass is 982 g/mol. The first-order valence-corrected chi connectivity index (χ1v) is 30.5. The lowest BCUT2D eigenvalue weighted by Crippen LogP contribution is -2.37. The molecule has 0 spiro atoms. The van der Waals surface area contributed by atoms with Crippen molar-refractivity contribution < 1.29 is 42.1 Å². The molecule has 0 heterocycles. The van der Waals surface area contributed by atoms with Gasteiger partial charge in [0.1, 0.15) is 19.8 Å². The van der Waals surface area contributed by atoms with E-state index in [0.717, 1.165) is 44.9 Å². The molecule has 0 aromatic carbocycles. The van der Waals surface area contributed by atoms with E-state index in [2.05, 4.69) is 38.2 Å². The SMILES string of the molecule is CCCCCCC/C=C\C/C=C\CCCCCCCCCCCCCC(=O)OC(COC(=O)CCCCCCCCCCCCCCCCCCCCCCC)COP(=O)([O-])OCC[N+](C)(C)C. The fourth-order valence-electron chi connectivity index (χ4n) is 8.45. The van der Waals surface area contributed by atoms with Gasteiger partial charge in [-0.3, -0.25) is 14.2 Å². The Morgan fingerprint density at radius 3 is 1.16 bits per heavy atom. The quantitative estimate of drug-likeness (QED) is 0.0195. The number of nitrogens with zero attached hydrogens (tertiary/aromatic N) is 1. The number of ether oxygens (including phenoxy) is 2. The number of carbonyl (C=O) groups excluding carboxylic acids is 2. The number of carbonyl (C=O) groups is 2. The minimum atomic E-state index is -4.63. The molecule has 0 radical (unpaired) electrons. The van der Waals surface area contributed by atoms with Gasteiger partial charge in [-0.15, -0.1) is 0 Å². The summed E-state index contributed by atoms with van der Waals surface area (Å²) < 4.78 is 34.2. The normalized spacial score (nSPS) is 13.4. The molecule has 0 aliphatic heterocycles. The maximum atomic E-state index is 12.8. The Hall–Kier alpha value is -1.51. The molecule has 2 unspecified atom stereocenters. The van der Waals surface area contributed by atoms with Crippen molar-refractivity contribution in [2.24, 2.45) is 0 Å². The van der Waals surface area contributed by atoms with Gasteiger partial charge >= 0.3 is 11.9 Å². The number of hydrogen-bond acceptors (Lipinski definition) is 8. The lowest BCUT2D eigenvalue weighted by atomic mass is 10.0. The smallest absolute Gasteiger partial charge is 0.306 e. The number of quaternary nitrogens is 1. The van der Waals surface area contributed by atoms with Gasteiger partial charge in [0, 0.05) is 12.8 Å². The summed E-state index contributed by atoms with van der Waals surface area (Å²) in [6.45, 7) is 4.28. The zero-order valence-corrected chi connectivity index (χ0v) is 46.5. The first-order valence-electron chi connectivity index (χ1n) is 29.0. The maximum absolute atomic E-state index is 12.8. The van der Waals surface area contributed by atoms with Crippen molar-refractivity contribution in [3.8, 4) is 0 Å². The molecule has 0 aliphatic rings. The number of hydrogen-bond donors (Lipinski definition) is 0. The molecule has 0 aromatic rings. The lowest BCUT2D eigenvalue weighted by molar-refractivity contribution is -0.870. The van der Waals surface area contributed by atoms with Crippen LogP contribution in [0.5, 0.6) is 0 Å². The maximum Gasteiger partial charge on any atom is 0.306 e. The van der Waals surface area contributed by atoms with Crippen molar-refractivity contribution in [2.45, 2.75) is 290 Å². The third-order valence-corrected chi connectivity index (χ3v) is 13.9. The zero-order valence-electron chi connectivity index (χ0n) is 45.6. The molecule has 10 heteroatoms. The number of esters is 2. The summed E-state index contributed by atoms with van der Waals surface area (Å²) in [5.74, 6) is -0.819. The average molecular weight is 983 g/mol. The molecule has 0 rings (SSSR count). The molecule has 0 fully saturated rings. The van der Waals surface area contributed by atoms with Gasteiger partial charge in [-0.05, 0) is 44.9 Å². The second kappa shape index (κ2) is 50.4. The fourth-order valence-corrected chi connectivity index (χ4v) is 9.18. The van der Waals surface area contributed by atoms with Gasteiger partial charge in [-0.2, -0.15) is 0 Å². The molecule has 0 saturated heterocycles. The van der Waals surface area contributed by atoms with Gasteiger partial charge in [0.2, 0.25) is 0 Å². The minimum Gasteiger partial charge on any atom is -0.756 e. The van der Waals surface area contributed by atoms with Crippen LogP contribution in [-0.2, 0) is 32.7 Å². The van der Waals surface area contributed by atoms with E-state index >= 15 is 0 Å². The van der Waals surface area contributed by atoms with Gasteiger partial charge in [0.25, 0.3) is 7.82 Å². The molecule has 0 aliphatic carbocycles. The number of unbranched alkanes of at least 4 members (excludes halogenated alkanes) is 36. The van der Waals surface area contributed by atoms with Crippen molar-refractivity contribution in [3.05, 3.63) is 24.3 Å². The van der Waals surface area contributed by atoms with Crippen LogP contribution in [0.15, 0.2) is 24.3 Å².